The largest absolute Gasteiger partial charge is 0.310 e. The lowest BCUT2D eigenvalue weighted by molar-refractivity contribution is 0.585. The van der Waals surface area contributed by atoms with Crippen LogP contribution in [0.2, 0.25) is 0 Å². The summed E-state index contributed by atoms with van der Waals surface area (Å²) in [6.07, 6.45) is 0. The number of benzene rings is 8. The van der Waals surface area contributed by atoms with Crippen molar-refractivity contribution in [1.29, 1.82) is 0 Å². The summed E-state index contributed by atoms with van der Waals surface area (Å²) in [6.45, 7) is 11.9. The Balaban J connectivity index is 1.19. The molecule has 2 heteroatoms. The van der Waals surface area contributed by atoms with E-state index in [0.717, 1.165) is 11.4 Å². The van der Waals surface area contributed by atoms with Crippen LogP contribution in [0, 0.1) is 0 Å². The van der Waals surface area contributed by atoms with Crippen LogP contribution >= 0.6 is 11.3 Å². The van der Waals surface area contributed by atoms with E-state index < -0.39 is 0 Å². The molecule has 8 aromatic carbocycles. The zero-order chi connectivity index (χ0) is 38.9. The smallest absolute Gasteiger partial charge is 0.0505 e. The first-order valence-electron chi connectivity index (χ1n) is 20.0. The van der Waals surface area contributed by atoms with Gasteiger partial charge in [0, 0.05) is 37.0 Å². The molecule has 0 saturated carbocycles. The second-order valence-electron chi connectivity index (χ2n) is 17.0. The predicted molar refractivity (Wildman–Crippen MR) is 247 cm³/mol. The van der Waals surface area contributed by atoms with Gasteiger partial charge in [-0.25, -0.2) is 0 Å². The van der Waals surface area contributed by atoms with Gasteiger partial charge in [-0.15, -0.1) is 11.3 Å². The number of nitrogens with zero attached hydrogens (tertiary/aromatic N) is 1. The number of rotatable bonds is 6. The van der Waals surface area contributed by atoms with Gasteiger partial charge in [0.15, 0.2) is 0 Å². The van der Waals surface area contributed by atoms with E-state index in [9.17, 15) is 0 Å². The maximum atomic E-state index is 2.53. The lowest BCUT2D eigenvalue weighted by Crippen LogP contribution is -2.22. The minimum atomic E-state index is -0.130. The Labute approximate surface area is 340 Å². The van der Waals surface area contributed by atoms with E-state index in [4.69, 9.17) is 0 Å². The maximum Gasteiger partial charge on any atom is 0.0505 e. The summed E-state index contributed by atoms with van der Waals surface area (Å²) in [4.78, 5) is 2.51. The molecule has 0 fully saturated rings. The highest BCUT2D eigenvalue weighted by Crippen LogP contribution is 2.54. The van der Waals surface area contributed by atoms with Gasteiger partial charge in [-0.2, -0.15) is 0 Å². The van der Waals surface area contributed by atoms with Gasteiger partial charge >= 0.3 is 0 Å². The van der Waals surface area contributed by atoms with Gasteiger partial charge in [0.25, 0.3) is 0 Å². The first kappa shape index (κ1) is 35.2. The summed E-state index contributed by atoms with van der Waals surface area (Å²) in [5, 5.41) is 2.60. The van der Waals surface area contributed by atoms with Crippen LogP contribution in [0.15, 0.2) is 182 Å². The van der Waals surface area contributed by atoms with Crippen LogP contribution in [0.1, 0.15) is 51.3 Å². The highest BCUT2D eigenvalue weighted by Gasteiger charge is 2.38. The molecule has 0 amide bonds. The predicted octanol–water partition coefficient (Wildman–Crippen LogP) is 16.1. The molecule has 276 valence electrons. The van der Waals surface area contributed by atoms with Gasteiger partial charge in [0.05, 0.1) is 5.69 Å². The Bertz CT molecular complexity index is 2930. The summed E-state index contributed by atoms with van der Waals surface area (Å²) in [6, 6.07) is 67.4. The molecular weight excluding hydrogens is 707 g/mol. The van der Waals surface area contributed by atoms with Gasteiger partial charge in [-0.05, 0) is 115 Å². The fourth-order valence-electron chi connectivity index (χ4n) is 8.96. The number of thiophene rings is 1. The molecule has 10 rings (SSSR count). The summed E-state index contributed by atoms with van der Waals surface area (Å²) >= 11 is 1.88. The first-order chi connectivity index (χ1) is 27.6. The SMILES string of the molecule is CC(C)(C)c1cc2c(cc1N(c1ccc(-c3ccccc3)cc1)c1ccc3c(c1)sc1ccc(-c4ccccc4)cc13)-c1cc(-c3ccccc3)ccc1C2(C)C. The Morgan fingerprint density at radius 3 is 1.58 bits per heavy atom. The van der Waals surface area contributed by atoms with Crippen LogP contribution in [-0.4, -0.2) is 0 Å². The molecule has 1 nitrogen and oxygen atoms in total. The van der Waals surface area contributed by atoms with Gasteiger partial charge in [0.2, 0.25) is 0 Å². The quantitative estimate of drug-likeness (QED) is 0.164. The topological polar surface area (TPSA) is 3.24 Å². The third-order valence-corrected chi connectivity index (χ3v) is 13.1. The average Bonchev–Trinajstić information content (AvgIpc) is 3.71. The van der Waals surface area contributed by atoms with Crippen LogP contribution in [0.4, 0.5) is 17.1 Å². The molecule has 0 saturated heterocycles. The summed E-state index contributed by atoms with van der Waals surface area (Å²) in [5.41, 5.74) is 17.4. The van der Waals surface area contributed by atoms with Crippen LogP contribution in [0.3, 0.4) is 0 Å². The molecular formula is C55H45NS. The molecule has 1 aromatic heterocycles. The molecule has 0 aliphatic heterocycles. The standard InChI is InChI=1S/C55H45NS/c1-54(2,3)50-35-49-46(45-31-40(37-17-11-7-12-18-37)23-29-48(45)55(49,4)5)34-51(50)56(42-25-21-39(22-26-42)36-15-9-6-10-16-36)43-27-28-44-47-32-41(38-19-13-8-14-20-38)24-30-52(47)57-53(44)33-43/h6-35H,1-5H3. The van der Waals surface area contributed by atoms with Crippen molar-refractivity contribution in [3.8, 4) is 44.5 Å². The molecule has 9 aromatic rings. The van der Waals surface area contributed by atoms with Crippen molar-refractivity contribution in [3.05, 3.63) is 199 Å². The van der Waals surface area contributed by atoms with Crippen LogP contribution in [0.5, 0.6) is 0 Å². The number of hydrogen-bond acceptors (Lipinski definition) is 2. The van der Waals surface area contributed by atoms with E-state index in [2.05, 4.69) is 222 Å². The monoisotopic (exact) mass is 751 g/mol. The second-order valence-corrected chi connectivity index (χ2v) is 18.1. The summed E-state index contributed by atoms with van der Waals surface area (Å²) < 4.78 is 2.60. The van der Waals surface area contributed by atoms with Crippen molar-refractivity contribution in [3.63, 3.8) is 0 Å². The fourth-order valence-corrected chi connectivity index (χ4v) is 10.1. The molecule has 1 aliphatic carbocycles. The van der Waals surface area contributed by atoms with E-state index in [1.54, 1.807) is 0 Å². The lowest BCUT2D eigenvalue weighted by atomic mass is 9.78. The highest BCUT2D eigenvalue weighted by atomic mass is 32.1. The van der Waals surface area contributed by atoms with Crippen LogP contribution in [-0.2, 0) is 10.8 Å². The third kappa shape index (κ3) is 6.07. The van der Waals surface area contributed by atoms with E-state index in [-0.39, 0.29) is 10.8 Å². The van der Waals surface area contributed by atoms with Crippen molar-refractivity contribution in [2.24, 2.45) is 0 Å². The van der Waals surface area contributed by atoms with E-state index in [1.165, 1.54) is 87.1 Å². The van der Waals surface area contributed by atoms with Crippen LogP contribution in [0.25, 0.3) is 64.7 Å². The first-order valence-corrected chi connectivity index (χ1v) is 20.8. The van der Waals surface area contributed by atoms with E-state index >= 15 is 0 Å². The zero-order valence-electron chi connectivity index (χ0n) is 33.2. The van der Waals surface area contributed by atoms with Crippen molar-refractivity contribution in [2.75, 3.05) is 4.90 Å². The third-order valence-electron chi connectivity index (χ3n) is 12.0. The minimum absolute atomic E-state index is 0.123. The Morgan fingerprint density at radius 2 is 0.947 bits per heavy atom. The van der Waals surface area contributed by atoms with E-state index in [0.29, 0.717) is 0 Å². The molecule has 1 aliphatic rings. The molecule has 0 unspecified atom stereocenters. The van der Waals surface area contributed by atoms with Gasteiger partial charge in [-0.1, -0.05) is 168 Å². The van der Waals surface area contributed by atoms with Gasteiger partial charge in [0.1, 0.15) is 0 Å². The zero-order valence-corrected chi connectivity index (χ0v) is 34.0. The summed E-state index contributed by atoms with van der Waals surface area (Å²) in [5.74, 6) is 0. The van der Waals surface area contributed by atoms with Crippen LogP contribution < -0.4 is 4.90 Å². The van der Waals surface area contributed by atoms with Gasteiger partial charge in [-0.3, -0.25) is 0 Å². The molecule has 0 radical (unpaired) electrons. The number of hydrogen-bond donors (Lipinski definition) is 0. The van der Waals surface area contributed by atoms with Crippen molar-refractivity contribution >= 4 is 48.6 Å². The number of fused-ring (bicyclic) bond motifs is 6. The Hall–Kier alpha value is -6.22. The lowest BCUT2D eigenvalue weighted by Gasteiger charge is -2.34. The average molecular weight is 752 g/mol. The normalized spacial score (nSPS) is 13.1. The van der Waals surface area contributed by atoms with Crippen molar-refractivity contribution in [1.82, 2.24) is 0 Å². The number of anilines is 3. The van der Waals surface area contributed by atoms with E-state index in [1.807, 2.05) is 11.3 Å². The molecule has 0 atom stereocenters. The Morgan fingerprint density at radius 1 is 0.421 bits per heavy atom. The minimum Gasteiger partial charge on any atom is -0.310 e. The second kappa shape index (κ2) is 13.5. The van der Waals surface area contributed by atoms with Gasteiger partial charge < -0.3 is 4.90 Å². The van der Waals surface area contributed by atoms with Crippen molar-refractivity contribution < 1.29 is 0 Å². The maximum absolute atomic E-state index is 2.53. The molecule has 57 heavy (non-hydrogen) atoms. The Kier molecular flexibility index (Phi) is 8.32. The molecule has 0 N–H and O–H groups in total. The van der Waals surface area contributed by atoms with Crippen molar-refractivity contribution in [2.45, 2.75) is 45.4 Å². The molecule has 0 spiro atoms. The molecule has 1 heterocycles. The molecule has 0 bridgehead atoms. The highest BCUT2D eigenvalue weighted by molar-refractivity contribution is 7.25. The fraction of sp³-hybridized carbons (Fsp3) is 0.127. The summed E-state index contributed by atoms with van der Waals surface area (Å²) in [7, 11) is 0.